The molecule has 1 aromatic carbocycles. The number of sulfonamides is 1. The molecular weight excluding hydrogens is 270 g/mol. The van der Waals surface area contributed by atoms with Gasteiger partial charge in [-0.2, -0.15) is 0 Å². The number of fused-ring (bicyclic) bond motifs is 1. The van der Waals surface area contributed by atoms with E-state index in [-0.39, 0.29) is 10.4 Å². The highest BCUT2D eigenvalue weighted by Crippen LogP contribution is 2.25. The zero-order chi connectivity index (χ0) is 12.6. The summed E-state index contributed by atoms with van der Waals surface area (Å²) in [4.78, 5) is 4.17. The first-order valence-electron chi connectivity index (χ1n) is 5.74. The molecule has 18 heavy (non-hydrogen) atoms. The Balaban J connectivity index is 1.92. The number of hydrogen-bond acceptors (Lipinski definition) is 5. The lowest BCUT2D eigenvalue weighted by atomic mass is 10.3. The molecule has 1 atom stereocenters. The van der Waals surface area contributed by atoms with Gasteiger partial charge in [0.2, 0.25) is 4.34 Å². The van der Waals surface area contributed by atoms with Crippen LogP contribution in [0.4, 0.5) is 0 Å². The van der Waals surface area contributed by atoms with Crippen LogP contribution in [0.25, 0.3) is 10.2 Å². The summed E-state index contributed by atoms with van der Waals surface area (Å²) in [6.45, 7) is 1.54. The van der Waals surface area contributed by atoms with E-state index in [0.717, 1.165) is 23.2 Å². The van der Waals surface area contributed by atoms with E-state index in [1.54, 1.807) is 0 Å². The molecule has 1 aromatic heterocycles. The van der Waals surface area contributed by atoms with Crippen LogP contribution in [-0.4, -0.2) is 32.5 Å². The molecular formula is C11H13N3O2S2. The Bertz CT molecular complexity index is 627. The standard InChI is InChI=1S/C11H13N3O2S2/c15-18(16,14-8-5-6-12-7-8)11-13-9-3-1-2-4-10(9)17-11/h1-4,8,12,14H,5-7H2/t8-/m0/s1. The SMILES string of the molecule is O=S(=O)(N[C@H]1CCNC1)c1nc2ccccc2s1. The fraction of sp³-hybridized carbons (Fsp3) is 0.364. The molecule has 3 rings (SSSR count). The molecule has 2 N–H and O–H groups in total. The molecule has 5 nitrogen and oxygen atoms in total. The van der Waals surface area contributed by atoms with Crippen molar-refractivity contribution in [3.63, 3.8) is 0 Å². The second-order valence-corrected chi connectivity index (χ2v) is 7.18. The Labute approximate surface area is 109 Å². The third-order valence-corrected chi connectivity index (χ3v) is 5.82. The lowest BCUT2D eigenvalue weighted by molar-refractivity contribution is 0.559. The minimum Gasteiger partial charge on any atom is -0.315 e. The van der Waals surface area contributed by atoms with Crippen molar-refractivity contribution in [3.8, 4) is 0 Å². The highest BCUT2D eigenvalue weighted by molar-refractivity contribution is 7.91. The van der Waals surface area contributed by atoms with E-state index in [2.05, 4.69) is 15.0 Å². The summed E-state index contributed by atoms with van der Waals surface area (Å²) in [5.41, 5.74) is 0.729. The van der Waals surface area contributed by atoms with Crippen molar-refractivity contribution in [1.29, 1.82) is 0 Å². The molecule has 0 bridgehead atoms. The molecule has 1 fully saturated rings. The topological polar surface area (TPSA) is 71.1 Å². The summed E-state index contributed by atoms with van der Waals surface area (Å²) >= 11 is 1.21. The molecule has 1 aliphatic heterocycles. The van der Waals surface area contributed by atoms with Gasteiger partial charge in [-0.15, -0.1) is 11.3 Å². The highest BCUT2D eigenvalue weighted by atomic mass is 32.2. The Hall–Kier alpha value is -1.02. The third kappa shape index (κ3) is 2.26. The van der Waals surface area contributed by atoms with Crippen LogP contribution < -0.4 is 10.0 Å². The monoisotopic (exact) mass is 283 g/mol. The average molecular weight is 283 g/mol. The van der Waals surface area contributed by atoms with Crippen LogP contribution in [0.2, 0.25) is 0 Å². The van der Waals surface area contributed by atoms with E-state index < -0.39 is 10.0 Å². The maximum atomic E-state index is 12.2. The van der Waals surface area contributed by atoms with Crippen LogP contribution in [0.1, 0.15) is 6.42 Å². The largest absolute Gasteiger partial charge is 0.315 e. The number of thiazole rings is 1. The quantitative estimate of drug-likeness (QED) is 0.879. The van der Waals surface area contributed by atoms with Gasteiger partial charge in [0.15, 0.2) is 0 Å². The van der Waals surface area contributed by atoms with E-state index >= 15 is 0 Å². The van der Waals surface area contributed by atoms with Crippen molar-refractivity contribution >= 4 is 31.6 Å². The number of aromatic nitrogens is 1. The van der Waals surface area contributed by atoms with E-state index in [0.29, 0.717) is 6.54 Å². The summed E-state index contributed by atoms with van der Waals surface area (Å²) in [5, 5.41) is 3.13. The molecule has 0 radical (unpaired) electrons. The van der Waals surface area contributed by atoms with Crippen molar-refractivity contribution in [2.75, 3.05) is 13.1 Å². The number of benzene rings is 1. The van der Waals surface area contributed by atoms with Gasteiger partial charge in [-0.25, -0.2) is 18.1 Å². The molecule has 7 heteroatoms. The Morgan fingerprint density at radius 2 is 2.22 bits per heavy atom. The summed E-state index contributed by atoms with van der Waals surface area (Å²) in [7, 11) is -3.49. The smallest absolute Gasteiger partial charge is 0.268 e. The van der Waals surface area contributed by atoms with Crippen LogP contribution in [0, 0.1) is 0 Å². The molecule has 0 unspecified atom stereocenters. The first-order chi connectivity index (χ1) is 8.65. The lowest BCUT2D eigenvalue weighted by Gasteiger charge is -2.09. The van der Waals surface area contributed by atoms with Crippen molar-refractivity contribution in [3.05, 3.63) is 24.3 Å². The fourth-order valence-corrected chi connectivity index (χ4v) is 4.50. The summed E-state index contributed by atoms with van der Waals surface area (Å²) in [5.74, 6) is 0. The van der Waals surface area contributed by atoms with Crippen molar-refractivity contribution in [1.82, 2.24) is 15.0 Å². The van der Waals surface area contributed by atoms with Crippen molar-refractivity contribution in [2.24, 2.45) is 0 Å². The first kappa shape index (κ1) is 12.0. The number of nitrogens with one attached hydrogen (secondary N) is 2. The maximum Gasteiger partial charge on any atom is 0.268 e. The summed E-state index contributed by atoms with van der Waals surface area (Å²) in [6.07, 6.45) is 0.824. The average Bonchev–Trinajstić information content (AvgIpc) is 2.96. The van der Waals surface area contributed by atoms with Crippen LogP contribution in [0.15, 0.2) is 28.6 Å². The van der Waals surface area contributed by atoms with E-state index in [1.165, 1.54) is 11.3 Å². The summed E-state index contributed by atoms with van der Waals surface area (Å²) in [6, 6.07) is 7.41. The number of para-hydroxylation sites is 1. The van der Waals surface area contributed by atoms with Crippen LogP contribution >= 0.6 is 11.3 Å². The minimum absolute atomic E-state index is 0.0259. The van der Waals surface area contributed by atoms with Crippen LogP contribution in [-0.2, 0) is 10.0 Å². The highest BCUT2D eigenvalue weighted by Gasteiger charge is 2.25. The first-order valence-corrected chi connectivity index (χ1v) is 8.04. The molecule has 1 saturated heterocycles. The molecule has 96 valence electrons. The maximum absolute atomic E-state index is 12.2. The number of rotatable bonds is 3. The van der Waals surface area contributed by atoms with Gasteiger partial charge in [0.1, 0.15) is 0 Å². The molecule has 2 heterocycles. The summed E-state index contributed by atoms with van der Waals surface area (Å²) < 4.78 is 28.1. The lowest BCUT2D eigenvalue weighted by Crippen LogP contribution is -2.36. The normalized spacial score (nSPS) is 20.6. The minimum atomic E-state index is -3.49. The fourth-order valence-electron chi connectivity index (χ4n) is 1.99. The van der Waals surface area contributed by atoms with Gasteiger partial charge in [-0.05, 0) is 25.1 Å². The number of hydrogen-bond donors (Lipinski definition) is 2. The van der Waals surface area contributed by atoms with E-state index in [4.69, 9.17) is 0 Å². The van der Waals surface area contributed by atoms with Crippen molar-refractivity contribution < 1.29 is 8.42 Å². The molecule has 0 saturated carbocycles. The van der Waals surface area contributed by atoms with Gasteiger partial charge in [0.25, 0.3) is 10.0 Å². The van der Waals surface area contributed by atoms with Gasteiger partial charge < -0.3 is 5.32 Å². The van der Waals surface area contributed by atoms with E-state index in [1.807, 2.05) is 24.3 Å². The van der Waals surface area contributed by atoms with Gasteiger partial charge in [0, 0.05) is 12.6 Å². The van der Waals surface area contributed by atoms with Gasteiger partial charge in [0.05, 0.1) is 10.2 Å². The van der Waals surface area contributed by atoms with Gasteiger partial charge >= 0.3 is 0 Å². The van der Waals surface area contributed by atoms with E-state index in [9.17, 15) is 8.42 Å². The number of nitrogens with zero attached hydrogens (tertiary/aromatic N) is 1. The Morgan fingerprint density at radius 3 is 2.94 bits per heavy atom. The zero-order valence-corrected chi connectivity index (χ0v) is 11.2. The second kappa shape index (κ2) is 4.58. The molecule has 2 aromatic rings. The van der Waals surface area contributed by atoms with Crippen LogP contribution in [0.3, 0.4) is 0 Å². The Morgan fingerprint density at radius 1 is 1.39 bits per heavy atom. The second-order valence-electron chi connectivity index (χ2n) is 4.26. The third-order valence-electron chi connectivity index (χ3n) is 2.89. The molecule has 0 amide bonds. The van der Waals surface area contributed by atoms with Gasteiger partial charge in [-0.3, -0.25) is 0 Å². The Kier molecular flexibility index (Phi) is 3.06. The molecule has 0 spiro atoms. The van der Waals surface area contributed by atoms with Gasteiger partial charge in [-0.1, -0.05) is 12.1 Å². The van der Waals surface area contributed by atoms with Crippen LogP contribution in [0.5, 0.6) is 0 Å². The zero-order valence-electron chi connectivity index (χ0n) is 9.59. The predicted octanol–water partition coefficient (Wildman–Crippen LogP) is 0.937. The predicted molar refractivity (Wildman–Crippen MR) is 71.2 cm³/mol. The van der Waals surface area contributed by atoms with Crippen molar-refractivity contribution in [2.45, 2.75) is 16.8 Å². The molecule has 0 aliphatic carbocycles. The molecule has 1 aliphatic rings.